The van der Waals surface area contributed by atoms with Crippen molar-refractivity contribution in [3.8, 4) is 11.8 Å². The highest BCUT2D eigenvalue weighted by Gasteiger charge is 2.22. The Labute approximate surface area is 111 Å². The molecular formula is C14H14N2O3. The van der Waals surface area contributed by atoms with Crippen LogP contribution in [0.2, 0.25) is 0 Å². The van der Waals surface area contributed by atoms with Gasteiger partial charge in [-0.05, 0) is 13.0 Å². The Morgan fingerprint density at radius 2 is 2.42 bits per heavy atom. The molecule has 0 fully saturated rings. The molecule has 0 saturated heterocycles. The van der Waals surface area contributed by atoms with Gasteiger partial charge in [0.25, 0.3) is 0 Å². The Bertz CT molecular complexity index is 546. The van der Waals surface area contributed by atoms with E-state index in [0.29, 0.717) is 6.61 Å². The molecule has 0 spiro atoms. The van der Waals surface area contributed by atoms with Crippen LogP contribution in [0.4, 0.5) is 0 Å². The molecule has 5 heteroatoms. The minimum atomic E-state index is -0.621. The summed E-state index contributed by atoms with van der Waals surface area (Å²) in [4.78, 5) is 11.4. The third-order valence-corrected chi connectivity index (χ3v) is 2.74. The van der Waals surface area contributed by atoms with Crippen molar-refractivity contribution in [2.45, 2.75) is 13.0 Å². The SMILES string of the molecule is CCOC(=O)/C(C#N)=C/NC1COc2ccccc21. The summed E-state index contributed by atoms with van der Waals surface area (Å²) in [5.41, 5.74) is 0.964. The lowest BCUT2D eigenvalue weighted by atomic mass is 10.1. The van der Waals surface area contributed by atoms with Crippen molar-refractivity contribution in [2.24, 2.45) is 0 Å². The zero-order valence-electron chi connectivity index (χ0n) is 10.6. The quantitative estimate of drug-likeness (QED) is 0.505. The van der Waals surface area contributed by atoms with E-state index in [1.54, 1.807) is 6.92 Å². The number of fused-ring (bicyclic) bond motifs is 1. The van der Waals surface area contributed by atoms with E-state index in [1.807, 2.05) is 30.3 Å². The first-order chi connectivity index (χ1) is 9.26. The highest BCUT2D eigenvalue weighted by molar-refractivity contribution is 5.92. The smallest absolute Gasteiger partial charge is 0.350 e. The third-order valence-electron chi connectivity index (χ3n) is 2.74. The third kappa shape index (κ3) is 2.86. The maximum Gasteiger partial charge on any atom is 0.350 e. The molecule has 5 nitrogen and oxygen atoms in total. The number of hydrogen-bond acceptors (Lipinski definition) is 5. The van der Waals surface area contributed by atoms with Gasteiger partial charge in [-0.15, -0.1) is 0 Å². The number of carbonyl (C=O) groups is 1. The molecule has 1 aromatic rings. The summed E-state index contributed by atoms with van der Waals surface area (Å²) in [7, 11) is 0. The minimum absolute atomic E-state index is 0.0498. The first-order valence-electron chi connectivity index (χ1n) is 6.01. The van der Waals surface area contributed by atoms with Gasteiger partial charge in [0.2, 0.25) is 0 Å². The van der Waals surface area contributed by atoms with Gasteiger partial charge in [-0.2, -0.15) is 5.26 Å². The lowest BCUT2D eigenvalue weighted by Crippen LogP contribution is -2.19. The number of hydrogen-bond donors (Lipinski definition) is 1. The van der Waals surface area contributed by atoms with Crippen LogP contribution >= 0.6 is 0 Å². The molecule has 19 heavy (non-hydrogen) atoms. The van der Waals surface area contributed by atoms with Gasteiger partial charge in [0.05, 0.1) is 12.6 Å². The highest BCUT2D eigenvalue weighted by atomic mass is 16.5. The molecule has 0 radical (unpaired) electrons. The molecule has 1 aliphatic heterocycles. The van der Waals surface area contributed by atoms with Gasteiger partial charge in [-0.3, -0.25) is 0 Å². The van der Waals surface area contributed by atoms with E-state index in [2.05, 4.69) is 5.32 Å². The van der Waals surface area contributed by atoms with E-state index < -0.39 is 5.97 Å². The number of nitrogens with zero attached hydrogens (tertiary/aromatic N) is 1. The number of para-hydroxylation sites is 1. The predicted octanol–water partition coefficient (Wildman–Crippen LogP) is 1.68. The van der Waals surface area contributed by atoms with Crippen molar-refractivity contribution in [3.63, 3.8) is 0 Å². The fourth-order valence-electron chi connectivity index (χ4n) is 1.83. The summed E-state index contributed by atoms with van der Waals surface area (Å²) >= 11 is 0. The van der Waals surface area contributed by atoms with Crippen LogP contribution in [0.15, 0.2) is 36.0 Å². The topological polar surface area (TPSA) is 71.4 Å². The van der Waals surface area contributed by atoms with Crippen LogP contribution in [-0.2, 0) is 9.53 Å². The number of ether oxygens (including phenoxy) is 2. The average molecular weight is 258 g/mol. The second kappa shape index (κ2) is 5.91. The normalized spacial score (nSPS) is 17.1. The van der Waals surface area contributed by atoms with Crippen LogP contribution in [0.25, 0.3) is 0 Å². The van der Waals surface area contributed by atoms with Gasteiger partial charge in [0.15, 0.2) is 5.57 Å². The van der Waals surface area contributed by atoms with Crippen molar-refractivity contribution < 1.29 is 14.3 Å². The molecule has 0 saturated carbocycles. The Balaban J connectivity index is 2.07. The summed E-state index contributed by atoms with van der Waals surface area (Å²) in [5.74, 6) is 0.202. The summed E-state index contributed by atoms with van der Waals surface area (Å²) in [5, 5.41) is 11.9. The molecule has 98 valence electrons. The zero-order chi connectivity index (χ0) is 13.7. The molecule has 1 N–H and O–H groups in total. The average Bonchev–Trinajstić information content (AvgIpc) is 2.83. The molecule has 0 bridgehead atoms. The maximum atomic E-state index is 11.4. The number of benzene rings is 1. The van der Waals surface area contributed by atoms with Crippen LogP contribution in [0.3, 0.4) is 0 Å². The number of nitriles is 1. The van der Waals surface area contributed by atoms with E-state index in [9.17, 15) is 4.79 Å². The maximum absolute atomic E-state index is 11.4. The van der Waals surface area contributed by atoms with E-state index in [-0.39, 0.29) is 18.2 Å². The van der Waals surface area contributed by atoms with Crippen LogP contribution in [0.1, 0.15) is 18.5 Å². The van der Waals surface area contributed by atoms with Gasteiger partial charge in [-0.25, -0.2) is 4.79 Å². The molecule has 1 atom stereocenters. The Morgan fingerprint density at radius 1 is 1.63 bits per heavy atom. The molecule has 0 aliphatic carbocycles. The summed E-state index contributed by atoms with van der Waals surface area (Å²) in [6.45, 7) is 2.41. The van der Waals surface area contributed by atoms with Crippen molar-refractivity contribution in [2.75, 3.05) is 13.2 Å². The Kier molecular flexibility index (Phi) is 4.04. The van der Waals surface area contributed by atoms with Gasteiger partial charge in [0, 0.05) is 11.8 Å². The summed E-state index contributed by atoms with van der Waals surface area (Å²) < 4.78 is 10.3. The molecule has 2 rings (SSSR count). The van der Waals surface area contributed by atoms with E-state index in [1.165, 1.54) is 6.20 Å². The van der Waals surface area contributed by atoms with Crippen LogP contribution < -0.4 is 10.1 Å². The molecule has 1 heterocycles. The van der Waals surface area contributed by atoms with Gasteiger partial charge in [0.1, 0.15) is 18.4 Å². The molecule has 1 aliphatic rings. The van der Waals surface area contributed by atoms with Crippen molar-refractivity contribution >= 4 is 5.97 Å². The van der Waals surface area contributed by atoms with Crippen LogP contribution in [-0.4, -0.2) is 19.2 Å². The molecule has 0 aromatic heterocycles. The van der Waals surface area contributed by atoms with Crippen molar-refractivity contribution in [1.82, 2.24) is 5.32 Å². The first-order valence-corrected chi connectivity index (χ1v) is 6.01. The lowest BCUT2D eigenvalue weighted by molar-refractivity contribution is -0.138. The van der Waals surface area contributed by atoms with E-state index >= 15 is 0 Å². The minimum Gasteiger partial charge on any atom is -0.491 e. The number of rotatable bonds is 4. The van der Waals surface area contributed by atoms with Crippen LogP contribution in [0, 0.1) is 11.3 Å². The second-order valence-corrected chi connectivity index (χ2v) is 3.96. The Hall–Kier alpha value is -2.48. The molecule has 1 aromatic carbocycles. The zero-order valence-corrected chi connectivity index (χ0v) is 10.6. The van der Waals surface area contributed by atoms with Crippen molar-refractivity contribution in [1.29, 1.82) is 5.26 Å². The standard InChI is InChI=1S/C14H14N2O3/c1-2-18-14(17)10(7-15)8-16-12-9-19-13-6-4-3-5-11(12)13/h3-6,8,12,16H,2,9H2,1H3/b10-8+. The fraction of sp³-hybridized carbons (Fsp3) is 0.286. The second-order valence-electron chi connectivity index (χ2n) is 3.96. The fourth-order valence-corrected chi connectivity index (χ4v) is 1.83. The van der Waals surface area contributed by atoms with Crippen molar-refractivity contribution in [3.05, 3.63) is 41.6 Å². The monoisotopic (exact) mass is 258 g/mol. The van der Waals surface area contributed by atoms with E-state index in [0.717, 1.165) is 11.3 Å². The number of esters is 1. The molecule has 0 amide bonds. The highest BCUT2D eigenvalue weighted by Crippen LogP contribution is 2.31. The van der Waals surface area contributed by atoms with Crippen LogP contribution in [0.5, 0.6) is 5.75 Å². The first kappa shape index (κ1) is 13.0. The molecular weight excluding hydrogens is 244 g/mol. The lowest BCUT2D eigenvalue weighted by Gasteiger charge is -2.09. The Morgan fingerprint density at radius 3 is 3.16 bits per heavy atom. The van der Waals surface area contributed by atoms with Gasteiger partial charge < -0.3 is 14.8 Å². The number of carbonyl (C=O) groups excluding carboxylic acids is 1. The number of nitrogens with one attached hydrogen (secondary N) is 1. The summed E-state index contributed by atoms with van der Waals surface area (Å²) in [6.07, 6.45) is 1.38. The predicted molar refractivity (Wildman–Crippen MR) is 68.1 cm³/mol. The van der Waals surface area contributed by atoms with E-state index in [4.69, 9.17) is 14.7 Å². The molecule has 1 unspecified atom stereocenters. The summed E-state index contributed by atoms with van der Waals surface area (Å²) in [6, 6.07) is 9.41. The van der Waals surface area contributed by atoms with Gasteiger partial charge in [-0.1, -0.05) is 18.2 Å². The van der Waals surface area contributed by atoms with Gasteiger partial charge >= 0.3 is 5.97 Å². The largest absolute Gasteiger partial charge is 0.491 e.